The van der Waals surface area contributed by atoms with Gasteiger partial charge in [0.25, 0.3) is 0 Å². The van der Waals surface area contributed by atoms with Crippen molar-refractivity contribution >= 4 is 84.8 Å². The Bertz CT molecular complexity index is 2920. The molecule has 0 atom stereocenters. The van der Waals surface area contributed by atoms with Crippen molar-refractivity contribution in [2.75, 3.05) is 0 Å². The molecule has 0 aliphatic heterocycles. The molecule has 3 heterocycles. The molecule has 0 aliphatic rings. The molecule has 0 spiro atoms. The van der Waals surface area contributed by atoms with E-state index in [4.69, 9.17) is 0 Å². The van der Waals surface area contributed by atoms with Crippen molar-refractivity contribution in [3.8, 4) is 34.0 Å². The first-order valence-electron chi connectivity index (χ1n) is 15.7. The highest BCUT2D eigenvalue weighted by Crippen LogP contribution is 2.46. The van der Waals surface area contributed by atoms with E-state index in [9.17, 15) is 5.26 Å². The van der Waals surface area contributed by atoms with Gasteiger partial charge in [-0.15, -0.1) is 22.7 Å². The predicted octanol–water partition coefficient (Wildman–Crippen LogP) is 12.7. The van der Waals surface area contributed by atoms with Crippen LogP contribution in [0.1, 0.15) is 5.56 Å². The van der Waals surface area contributed by atoms with Crippen LogP contribution in [0.5, 0.6) is 0 Å². The van der Waals surface area contributed by atoms with Gasteiger partial charge >= 0.3 is 0 Å². The van der Waals surface area contributed by atoms with Crippen LogP contribution in [-0.4, -0.2) is 4.57 Å². The molecule has 0 saturated heterocycles. The van der Waals surface area contributed by atoms with Crippen molar-refractivity contribution in [3.63, 3.8) is 0 Å². The van der Waals surface area contributed by atoms with E-state index < -0.39 is 0 Å². The molecule has 4 heteroatoms. The standard InChI is InChI=1S/C43H24N2S2/c44-25-29-18-20-30(28-17-21-33-32-12-5-7-16-39(32)46-40(33)24-28)41-34-13-8-15-38(43(34)47-42(29)41)45-36-14-6-4-11-31(36)35-23-27(19-22-37(35)45)26-9-2-1-3-10-26/h1-24H. The zero-order valence-corrected chi connectivity index (χ0v) is 26.7. The van der Waals surface area contributed by atoms with Crippen LogP contribution in [0.15, 0.2) is 146 Å². The Kier molecular flexibility index (Phi) is 5.71. The minimum Gasteiger partial charge on any atom is -0.308 e. The summed E-state index contributed by atoms with van der Waals surface area (Å²) in [6.45, 7) is 0. The maximum absolute atomic E-state index is 10.3. The van der Waals surface area contributed by atoms with E-state index in [1.54, 1.807) is 11.3 Å². The Labute approximate surface area is 278 Å². The van der Waals surface area contributed by atoms with Gasteiger partial charge in [0.05, 0.1) is 31.7 Å². The zero-order chi connectivity index (χ0) is 31.1. The number of rotatable bonds is 3. The molecule has 0 unspecified atom stereocenters. The first-order valence-corrected chi connectivity index (χ1v) is 17.3. The lowest BCUT2D eigenvalue weighted by molar-refractivity contribution is 1.20. The van der Waals surface area contributed by atoms with Gasteiger partial charge in [0.2, 0.25) is 0 Å². The van der Waals surface area contributed by atoms with E-state index in [0.29, 0.717) is 5.56 Å². The molecule has 0 bridgehead atoms. The zero-order valence-electron chi connectivity index (χ0n) is 25.1. The minimum atomic E-state index is 0.716. The molecule has 10 rings (SSSR count). The molecular formula is C43H24N2S2. The van der Waals surface area contributed by atoms with Crippen molar-refractivity contribution in [2.24, 2.45) is 0 Å². The Morgan fingerprint density at radius 1 is 0.468 bits per heavy atom. The van der Waals surface area contributed by atoms with E-state index >= 15 is 0 Å². The summed E-state index contributed by atoms with van der Waals surface area (Å²) in [5, 5.41) is 17.6. The van der Waals surface area contributed by atoms with Crippen LogP contribution in [0.3, 0.4) is 0 Å². The maximum atomic E-state index is 10.3. The fourth-order valence-corrected chi connectivity index (χ4v) is 9.77. The normalized spacial score (nSPS) is 11.8. The van der Waals surface area contributed by atoms with Crippen LogP contribution in [0.25, 0.3) is 90.1 Å². The summed E-state index contributed by atoms with van der Waals surface area (Å²) in [6.07, 6.45) is 0. The molecule has 2 nitrogen and oxygen atoms in total. The van der Waals surface area contributed by atoms with Crippen molar-refractivity contribution in [1.29, 1.82) is 5.26 Å². The average molecular weight is 633 g/mol. The second kappa shape index (κ2) is 10.1. The van der Waals surface area contributed by atoms with Crippen molar-refractivity contribution in [2.45, 2.75) is 0 Å². The molecule has 0 N–H and O–H groups in total. The third kappa shape index (κ3) is 3.88. The van der Waals surface area contributed by atoms with Gasteiger partial charge in [-0.05, 0) is 64.7 Å². The number of aromatic nitrogens is 1. The third-order valence-electron chi connectivity index (χ3n) is 9.46. The summed E-state index contributed by atoms with van der Waals surface area (Å²) in [5.74, 6) is 0. The second-order valence-corrected chi connectivity index (χ2v) is 14.1. The number of benzene rings is 7. The predicted molar refractivity (Wildman–Crippen MR) is 202 cm³/mol. The summed E-state index contributed by atoms with van der Waals surface area (Å²) in [5.41, 5.74) is 8.96. The number of hydrogen-bond acceptors (Lipinski definition) is 3. The van der Waals surface area contributed by atoms with Crippen LogP contribution < -0.4 is 0 Å². The molecule has 0 saturated carbocycles. The molecule has 0 amide bonds. The number of nitrogens with zero attached hydrogens (tertiary/aromatic N) is 2. The summed E-state index contributed by atoms with van der Waals surface area (Å²) >= 11 is 3.57. The highest BCUT2D eigenvalue weighted by atomic mass is 32.1. The molecular weight excluding hydrogens is 609 g/mol. The molecule has 7 aromatic carbocycles. The highest BCUT2D eigenvalue weighted by Gasteiger charge is 2.20. The second-order valence-electron chi connectivity index (χ2n) is 12.0. The summed E-state index contributed by atoms with van der Waals surface area (Å²) in [4.78, 5) is 0. The summed E-state index contributed by atoms with van der Waals surface area (Å²) in [6, 6.07) is 54.8. The monoisotopic (exact) mass is 632 g/mol. The fraction of sp³-hybridized carbons (Fsp3) is 0. The van der Waals surface area contributed by atoms with Gasteiger partial charge in [0.1, 0.15) is 6.07 Å². The van der Waals surface area contributed by atoms with Gasteiger partial charge in [-0.25, -0.2) is 0 Å². The van der Waals surface area contributed by atoms with E-state index in [0.717, 1.165) is 21.3 Å². The number of nitriles is 1. The summed E-state index contributed by atoms with van der Waals surface area (Å²) in [7, 11) is 0. The molecule has 0 fully saturated rings. The van der Waals surface area contributed by atoms with Gasteiger partial charge in [-0.2, -0.15) is 5.26 Å². The quantitative estimate of drug-likeness (QED) is 0.190. The first-order chi connectivity index (χ1) is 23.3. The molecule has 3 aromatic heterocycles. The van der Waals surface area contributed by atoms with Crippen LogP contribution in [-0.2, 0) is 0 Å². The van der Waals surface area contributed by atoms with Gasteiger partial charge in [0.15, 0.2) is 0 Å². The van der Waals surface area contributed by atoms with Crippen molar-refractivity contribution in [3.05, 3.63) is 151 Å². The maximum Gasteiger partial charge on any atom is 0.101 e. The van der Waals surface area contributed by atoms with E-state index in [1.165, 1.54) is 68.8 Å². The van der Waals surface area contributed by atoms with Crippen molar-refractivity contribution < 1.29 is 0 Å². The largest absolute Gasteiger partial charge is 0.308 e. The number of para-hydroxylation sites is 1. The Morgan fingerprint density at radius 3 is 2.11 bits per heavy atom. The lowest BCUT2D eigenvalue weighted by atomic mass is 9.96. The molecule has 0 radical (unpaired) electrons. The lowest BCUT2D eigenvalue weighted by Gasteiger charge is -2.10. The smallest absolute Gasteiger partial charge is 0.101 e. The molecule has 218 valence electrons. The SMILES string of the molecule is N#Cc1ccc(-c2ccc3c(c2)sc2ccccc23)c2c1sc1c(-n3c4ccccc4c4cc(-c5ccccc5)ccc43)cccc12. The number of fused-ring (bicyclic) bond motifs is 9. The molecule has 47 heavy (non-hydrogen) atoms. The van der Waals surface area contributed by atoms with E-state index in [-0.39, 0.29) is 0 Å². The average Bonchev–Trinajstić information content (AvgIpc) is 3.81. The first kappa shape index (κ1) is 26.5. The Balaban J connectivity index is 1.24. The van der Waals surface area contributed by atoms with E-state index in [2.05, 4.69) is 150 Å². The molecule has 10 aromatic rings. The summed E-state index contributed by atoms with van der Waals surface area (Å²) < 4.78 is 7.21. The Hall–Kier alpha value is -5.73. The highest BCUT2D eigenvalue weighted by molar-refractivity contribution is 7.26. The Morgan fingerprint density at radius 2 is 1.21 bits per heavy atom. The van der Waals surface area contributed by atoms with Crippen LogP contribution in [0.2, 0.25) is 0 Å². The van der Waals surface area contributed by atoms with Crippen molar-refractivity contribution in [1.82, 2.24) is 4.57 Å². The number of thiophene rings is 2. The van der Waals surface area contributed by atoms with Crippen LogP contribution in [0.4, 0.5) is 0 Å². The van der Waals surface area contributed by atoms with Gasteiger partial charge in [-0.1, -0.05) is 103 Å². The number of hydrogen-bond donors (Lipinski definition) is 0. The van der Waals surface area contributed by atoms with Gasteiger partial charge in [-0.3, -0.25) is 0 Å². The minimum absolute atomic E-state index is 0.716. The molecule has 0 aliphatic carbocycles. The van der Waals surface area contributed by atoms with Gasteiger partial charge < -0.3 is 4.57 Å². The fourth-order valence-electron chi connectivity index (χ4n) is 7.33. The van der Waals surface area contributed by atoms with E-state index in [1.807, 2.05) is 17.4 Å². The van der Waals surface area contributed by atoms with Crippen LogP contribution in [0, 0.1) is 11.3 Å². The van der Waals surface area contributed by atoms with Crippen LogP contribution >= 0.6 is 22.7 Å². The third-order valence-corrected chi connectivity index (χ3v) is 11.9. The topological polar surface area (TPSA) is 28.7 Å². The lowest BCUT2D eigenvalue weighted by Crippen LogP contribution is -1.93. The van der Waals surface area contributed by atoms with Gasteiger partial charge in [0, 0.05) is 41.7 Å².